The molecule has 34 heavy (non-hydrogen) atoms. The van der Waals surface area contributed by atoms with Gasteiger partial charge in [-0.3, -0.25) is 9.59 Å². The Morgan fingerprint density at radius 3 is 2.94 bits per heavy atom. The molecule has 10 nitrogen and oxygen atoms in total. The molecule has 0 saturated heterocycles. The molecule has 0 aliphatic carbocycles. The number of aromatic nitrogens is 2. The predicted molar refractivity (Wildman–Crippen MR) is 122 cm³/mol. The van der Waals surface area contributed by atoms with Gasteiger partial charge in [0.05, 0.1) is 35.6 Å². The number of nitrogens with zero attached hydrogens (tertiary/aromatic N) is 2. The third kappa shape index (κ3) is 3.75. The summed E-state index contributed by atoms with van der Waals surface area (Å²) in [6, 6.07) is 9.47. The van der Waals surface area contributed by atoms with Crippen LogP contribution < -0.4 is 16.6 Å². The number of esters is 1. The van der Waals surface area contributed by atoms with Crippen LogP contribution in [0, 0.1) is 0 Å². The Balaban J connectivity index is 1.49. The smallest absolute Gasteiger partial charge is 0.340 e. The topological polar surface area (TPSA) is 146 Å². The third-order valence-corrected chi connectivity index (χ3v) is 6.25. The minimum Gasteiger partial charge on any atom is -0.458 e. The van der Waals surface area contributed by atoms with Crippen molar-refractivity contribution in [1.82, 2.24) is 14.9 Å². The Kier molecular flexibility index (Phi) is 5.86. The van der Waals surface area contributed by atoms with E-state index in [0.717, 1.165) is 22.0 Å². The first-order valence-electron chi connectivity index (χ1n) is 11.1. The second-order valence-electron chi connectivity index (χ2n) is 8.26. The monoisotopic (exact) mass is 464 g/mol. The summed E-state index contributed by atoms with van der Waals surface area (Å²) in [5.41, 5.74) is 9.62. The number of pyridine rings is 2. The number of carbonyl (C=O) groups is 2. The van der Waals surface area contributed by atoms with Crippen molar-refractivity contribution in [3.63, 3.8) is 0 Å². The zero-order chi connectivity index (χ0) is 23.8. The molecule has 5 rings (SSSR count). The highest BCUT2D eigenvalue weighted by Crippen LogP contribution is 2.38. The highest BCUT2D eigenvalue weighted by Gasteiger charge is 2.34. The SMILES string of the molecule is NCC(=O)NCOCCCc1c2c(nc3ccccc13)-c1cc3c(c(=O)n1C2)COC(=O)[C@H]3O. The Bertz CT molecular complexity index is 1370. The maximum Gasteiger partial charge on any atom is 0.340 e. The summed E-state index contributed by atoms with van der Waals surface area (Å²) < 4.78 is 12.1. The molecule has 0 spiro atoms. The van der Waals surface area contributed by atoms with E-state index in [9.17, 15) is 19.5 Å². The maximum absolute atomic E-state index is 13.2. The molecule has 4 N–H and O–H groups in total. The maximum atomic E-state index is 13.2. The van der Waals surface area contributed by atoms with Gasteiger partial charge in [-0.1, -0.05) is 18.2 Å². The predicted octanol–water partition coefficient (Wildman–Crippen LogP) is 0.497. The van der Waals surface area contributed by atoms with Crippen molar-refractivity contribution in [2.75, 3.05) is 19.9 Å². The lowest BCUT2D eigenvalue weighted by Gasteiger charge is -2.21. The normalized spacial score (nSPS) is 16.1. The molecule has 1 aromatic carbocycles. The van der Waals surface area contributed by atoms with E-state index in [1.807, 2.05) is 24.3 Å². The number of para-hydroxylation sites is 1. The van der Waals surface area contributed by atoms with Gasteiger partial charge in [-0.25, -0.2) is 9.78 Å². The summed E-state index contributed by atoms with van der Waals surface area (Å²) in [6.45, 7) is 0.644. The van der Waals surface area contributed by atoms with Crippen LogP contribution >= 0.6 is 0 Å². The summed E-state index contributed by atoms with van der Waals surface area (Å²) in [5.74, 6) is -1.04. The largest absolute Gasteiger partial charge is 0.458 e. The highest BCUT2D eigenvalue weighted by molar-refractivity contribution is 5.88. The third-order valence-electron chi connectivity index (χ3n) is 6.25. The number of amides is 1. The molecule has 0 fully saturated rings. The average Bonchev–Trinajstić information content (AvgIpc) is 3.21. The van der Waals surface area contributed by atoms with Crippen molar-refractivity contribution >= 4 is 22.8 Å². The summed E-state index contributed by atoms with van der Waals surface area (Å²) in [7, 11) is 0. The quantitative estimate of drug-likeness (QED) is 0.204. The van der Waals surface area contributed by atoms with Crippen LogP contribution in [0.1, 0.15) is 34.8 Å². The van der Waals surface area contributed by atoms with E-state index in [4.69, 9.17) is 20.2 Å². The Hall–Kier alpha value is -3.60. The van der Waals surface area contributed by atoms with Crippen molar-refractivity contribution < 1.29 is 24.2 Å². The molecule has 10 heteroatoms. The molecule has 1 amide bonds. The number of aliphatic hydroxyl groups is 1. The van der Waals surface area contributed by atoms with E-state index in [2.05, 4.69) is 5.32 Å². The van der Waals surface area contributed by atoms with Gasteiger partial charge in [0, 0.05) is 23.1 Å². The molecule has 0 unspecified atom stereocenters. The number of benzene rings is 1. The molecule has 2 aromatic heterocycles. The van der Waals surface area contributed by atoms with Gasteiger partial charge < -0.3 is 30.2 Å². The molecule has 0 bridgehead atoms. The molecular weight excluding hydrogens is 440 g/mol. The van der Waals surface area contributed by atoms with Gasteiger partial charge in [0.15, 0.2) is 6.10 Å². The van der Waals surface area contributed by atoms with Gasteiger partial charge in [-0.2, -0.15) is 0 Å². The Morgan fingerprint density at radius 2 is 2.12 bits per heavy atom. The van der Waals surface area contributed by atoms with E-state index in [0.29, 0.717) is 42.9 Å². The fraction of sp³-hybridized carbons (Fsp3) is 0.333. The molecule has 1 atom stereocenters. The van der Waals surface area contributed by atoms with Gasteiger partial charge >= 0.3 is 5.97 Å². The number of nitrogens with two attached hydrogens (primary N) is 1. The zero-order valence-electron chi connectivity index (χ0n) is 18.4. The molecule has 0 saturated carbocycles. The van der Waals surface area contributed by atoms with Crippen LogP contribution in [0.2, 0.25) is 0 Å². The van der Waals surface area contributed by atoms with Gasteiger partial charge in [-0.05, 0) is 30.5 Å². The minimum absolute atomic E-state index is 0.0842. The highest BCUT2D eigenvalue weighted by atomic mass is 16.5. The average molecular weight is 464 g/mol. The van der Waals surface area contributed by atoms with Crippen LogP contribution in [0.4, 0.5) is 0 Å². The number of aliphatic hydroxyl groups excluding tert-OH is 1. The number of fused-ring (bicyclic) bond motifs is 5. The van der Waals surface area contributed by atoms with Crippen LogP contribution in [0.3, 0.4) is 0 Å². The molecule has 3 aromatic rings. The van der Waals surface area contributed by atoms with E-state index in [-0.39, 0.29) is 36.9 Å². The van der Waals surface area contributed by atoms with Gasteiger partial charge in [0.25, 0.3) is 5.56 Å². The number of carbonyl (C=O) groups excluding carboxylic acids is 2. The van der Waals surface area contributed by atoms with Gasteiger partial charge in [0.2, 0.25) is 5.91 Å². The van der Waals surface area contributed by atoms with Gasteiger partial charge in [0.1, 0.15) is 13.3 Å². The lowest BCUT2D eigenvalue weighted by atomic mass is 9.96. The van der Waals surface area contributed by atoms with Crippen molar-refractivity contribution in [1.29, 1.82) is 0 Å². The molecule has 0 radical (unpaired) electrons. The standard InChI is InChI=1S/C24H24N4O6/c25-9-20(29)26-12-33-7-3-5-13-14-4-1-2-6-18(14)27-21-16(13)10-28-19(21)8-15-17(23(28)31)11-34-24(32)22(15)30/h1-2,4,6,8,22,30H,3,5,7,9-12,25H2,(H,26,29)/t22-/m0/s1. The van der Waals surface area contributed by atoms with Crippen LogP contribution in [-0.4, -0.2) is 46.4 Å². The summed E-state index contributed by atoms with van der Waals surface area (Å²) >= 11 is 0. The van der Waals surface area contributed by atoms with Gasteiger partial charge in [-0.15, -0.1) is 0 Å². The van der Waals surface area contributed by atoms with Crippen LogP contribution in [0.25, 0.3) is 22.3 Å². The Morgan fingerprint density at radius 1 is 1.29 bits per heavy atom. The first kappa shape index (κ1) is 22.2. The summed E-state index contributed by atoms with van der Waals surface area (Å²) in [6.07, 6.45) is -0.104. The Labute approximate surface area is 194 Å². The molecule has 2 aliphatic rings. The number of ether oxygens (including phenoxy) is 2. The fourth-order valence-corrected chi connectivity index (χ4v) is 4.57. The lowest BCUT2D eigenvalue weighted by molar-refractivity contribution is -0.157. The number of cyclic esters (lactones) is 1. The van der Waals surface area contributed by atoms with E-state index >= 15 is 0 Å². The van der Waals surface area contributed by atoms with E-state index in [1.165, 1.54) is 0 Å². The molecular formula is C24H24N4O6. The molecule has 176 valence electrons. The molecule has 4 heterocycles. The lowest BCUT2D eigenvalue weighted by Crippen LogP contribution is -2.32. The number of nitrogens with one attached hydrogen (secondary N) is 1. The van der Waals surface area contributed by atoms with Crippen molar-refractivity contribution in [2.45, 2.75) is 32.1 Å². The molecule has 2 aliphatic heterocycles. The number of rotatable bonds is 7. The first-order chi connectivity index (χ1) is 16.5. The summed E-state index contributed by atoms with van der Waals surface area (Å²) in [5, 5.41) is 13.9. The van der Waals surface area contributed by atoms with Crippen LogP contribution in [0.15, 0.2) is 35.1 Å². The van der Waals surface area contributed by atoms with Crippen molar-refractivity contribution in [2.24, 2.45) is 5.73 Å². The van der Waals surface area contributed by atoms with Crippen molar-refractivity contribution in [3.8, 4) is 11.4 Å². The van der Waals surface area contributed by atoms with E-state index in [1.54, 1.807) is 10.6 Å². The van der Waals surface area contributed by atoms with Crippen LogP contribution in [0.5, 0.6) is 0 Å². The second-order valence-corrected chi connectivity index (χ2v) is 8.26. The van der Waals surface area contributed by atoms with Crippen LogP contribution in [-0.2, 0) is 38.6 Å². The van der Waals surface area contributed by atoms with E-state index < -0.39 is 12.1 Å². The first-order valence-corrected chi connectivity index (χ1v) is 11.1. The minimum atomic E-state index is -1.48. The number of hydrogen-bond acceptors (Lipinski definition) is 8. The zero-order valence-corrected chi connectivity index (χ0v) is 18.4. The number of hydrogen-bond donors (Lipinski definition) is 3. The second kappa shape index (κ2) is 8.98. The van der Waals surface area contributed by atoms with Crippen molar-refractivity contribution in [3.05, 3.63) is 62.9 Å². The summed E-state index contributed by atoms with van der Waals surface area (Å²) in [4.78, 5) is 41.1. The fourth-order valence-electron chi connectivity index (χ4n) is 4.57. The number of aryl methyl sites for hydroxylation is 1.